The van der Waals surface area contributed by atoms with Gasteiger partial charge in [-0.3, -0.25) is 9.59 Å². The quantitative estimate of drug-likeness (QED) is 0.534. The molecule has 0 spiro atoms. The predicted octanol–water partition coefficient (Wildman–Crippen LogP) is 3.10. The second kappa shape index (κ2) is 10.4. The summed E-state index contributed by atoms with van der Waals surface area (Å²) < 4.78 is 0. The fraction of sp³-hybridized carbons (Fsp3) is 0.136. The van der Waals surface area contributed by atoms with Crippen molar-refractivity contribution >= 4 is 29.3 Å². The third-order valence-electron chi connectivity index (χ3n) is 4.06. The van der Waals surface area contributed by atoms with Crippen LogP contribution in [0.25, 0.3) is 0 Å². The molecule has 0 unspecified atom stereocenters. The minimum atomic E-state index is -0.272. The van der Waals surface area contributed by atoms with Crippen molar-refractivity contribution in [2.75, 3.05) is 18.4 Å². The first-order valence-corrected chi connectivity index (χ1v) is 10.0. The number of para-hydroxylation sites is 1. The molecule has 148 valence electrons. The molecule has 0 aliphatic rings. The van der Waals surface area contributed by atoms with Crippen LogP contribution < -0.4 is 16.4 Å². The number of amides is 2. The lowest BCUT2D eigenvalue weighted by Crippen LogP contribution is -2.30. The molecule has 1 aromatic heterocycles. The molecule has 0 aliphatic heterocycles. The maximum atomic E-state index is 13.0. The number of hydrogen-bond donors (Lipinski definition) is 3. The Morgan fingerprint density at radius 2 is 1.72 bits per heavy atom. The summed E-state index contributed by atoms with van der Waals surface area (Å²) in [7, 11) is 0. The molecular weight excluding hydrogens is 384 g/mol. The van der Waals surface area contributed by atoms with E-state index in [-0.39, 0.29) is 18.2 Å². The lowest BCUT2D eigenvalue weighted by molar-refractivity contribution is -0.120. The van der Waals surface area contributed by atoms with E-state index >= 15 is 0 Å². The molecule has 1 heterocycles. The van der Waals surface area contributed by atoms with Crippen LogP contribution in [0, 0.1) is 0 Å². The minimum absolute atomic E-state index is 0.140. The first-order chi connectivity index (χ1) is 14.2. The molecule has 7 heteroatoms. The van der Waals surface area contributed by atoms with Crippen molar-refractivity contribution < 1.29 is 9.59 Å². The van der Waals surface area contributed by atoms with E-state index < -0.39 is 0 Å². The van der Waals surface area contributed by atoms with Crippen molar-refractivity contribution in [3.63, 3.8) is 0 Å². The van der Waals surface area contributed by atoms with Gasteiger partial charge in [0.05, 0.1) is 12.0 Å². The van der Waals surface area contributed by atoms with Gasteiger partial charge < -0.3 is 16.4 Å². The summed E-state index contributed by atoms with van der Waals surface area (Å²) in [6.45, 7) is 0.802. The summed E-state index contributed by atoms with van der Waals surface area (Å²) in [5.74, 6) is -0.412. The molecule has 4 N–H and O–H groups in total. The Balaban J connectivity index is 1.77. The number of hydrogen-bond acceptors (Lipinski definition) is 5. The normalized spacial score (nSPS) is 10.4. The van der Waals surface area contributed by atoms with Crippen LogP contribution in [0.15, 0.2) is 82.8 Å². The number of nitrogens with zero attached hydrogens (tertiary/aromatic N) is 1. The highest BCUT2D eigenvalue weighted by Gasteiger charge is 2.16. The van der Waals surface area contributed by atoms with Crippen LogP contribution in [0.3, 0.4) is 0 Å². The van der Waals surface area contributed by atoms with Gasteiger partial charge in [-0.15, -0.1) is 0 Å². The van der Waals surface area contributed by atoms with Gasteiger partial charge in [0.2, 0.25) is 5.91 Å². The number of aromatic nitrogens is 1. The highest BCUT2D eigenvalue weighted by molar-refractivity contribution is 7.99. The second-order valence-corrected chi connectivity index (χ2v) is 7.26. The Kier molecular flexibility index (Phi) is 7.38. The molecule has 2 aromatic carbocycles. The summed E-state index contributed by atoms with van der Waals surface area (Å²) in [5.41, 5.74) is 7.23. The van der Waals surface area contributed by atoms with Gasteiger partial charge >= 0.3 is 0 Å². The molecule has 0 fully saturated rings. The van der Waals surface area contributed by atoms with Crippen LogP contribution in [0.5, 0.6) is 0 Å². The first-order valence-electron chi connectivity index (χ1n) is 9.21. The van der Waals surface area contributed by atoms with Crippen molar-refractivity contribution in [2.45, 2.75) is 16.3 Å². The molecule has 3 rings (SSSR count). The van der Waals surface area contributed by atoms with Crippen LogP contribution >= 0.6 is 11.8 Å². The number of carbonyl (C=O) groups is 2. The highest BCUT2D eigenvalue weighted by Crippen LogP contribution is 2.29. The maximum absolute atomic E-state index is 13.0. The molecule has 0 radical (unpaired) electrons. The number of nitrogens with one attached hydrogen (secondary N) is 2. The van der Waals surface area contributed by atoms with Crippen molar-refractivity contribution in [1.82, 2.24) is 10.3 Å². The molecule has 0 aliphatic carbocycles. The average molecular weight is 407 g/mol. The molecular formula is C22H22N4O2S. The fourth-order valence-electron chi connectivity index (χ4n) is 2.68. The van der Waals surface area contributed by atoms with Gasteiger partial charge in [0.25, 0.3) is 5.91 Å². The number of anilines is 1. The lowest BCUT2D eigenvalue weighted by Gasteiger charge is -2.13. The minimum Gasteiger partial charge on any atom is -0.355 e. The largest absolute Gasteiger partial charge is 0.355 e. The Morgan fingerprint density at radius 3 is 2.52 bits per heavy atom. The Bertz CT molecular complexity index is 979. The standard InChI is InChI=1S/C22H22N4O2S/c23-12-14-24-20(27)15-16-7-4-5-11-19(16)26-21(28)18-10-6-13-25-22(18)29-17-8-2-1-3-9-17/h1-11,13H,12,14-15,23H2,(H,24,27)(H,26,28). The van der Waals surface area contributed by atoms with E-state index in [2.05, 4.69) is 15.6 Å². The van der Waals surface area contributed by atoms with Crippen LogP contribution in [-0.2, 0) is 11.2 Å². The smallest absolute Gasteiger partial charge is 0.258 e. The molecule has 29 heavy (non-hydrogen) atoms. The summed E-state index contributed by atoms with van der Waals surface area (Å²) in [6.07, 6.45) is 1.83. The van der Waals surface area contributed by atoms with Gasteiger partial charge in [-0.2, -0.15) is 0 Å². The zero-order valence-electron chi connectivity index (χ0n) is 15.8. The van der Waals surface area contributed by atoms with Crippen molar-refractivity contribution in [2.24, 2.45) is 5.73 Å². The molecule has 2 amide bonds. The number of pyridine rings is 1. The van der Waals surface area contributed by atoms with Crippen LogP contribution in [0.1, 0.15) is 15.9 Å². The van der Waals surface area contributed by atoms with E-state index in [1.54, 1.807) is 24.4 Å². The van der Waals surface area contributed by atoms with E-state index in [0.717, 1.165) is 10.5 Å². The zero-order valence-corrected chi connectivity index (χ0v) is 16.6. The van der Waals surface area contributed by atoms with Gasteiger partial charge in [0.1, 0.15) is 5.03 Å². The highest BCUT2D eigenvalue weighted by atomic mass is 32.2. The monoisotopic (exact) mass is 406 g/mol. The van der Waals surface area contributed by atoms with Gasteiger partial charge in [0.15, 0.2) is 0 Å². The Morgan fingerprint density at radius 1 is 0.966 bits per heavy atom. The molecule has 0 saturated heterocycles. The van der Waals surface area contributed by atoms with Crippen LogP contribution in [0.2, 0.25) is 0 Å². The first kappa shape index (κ1) is 20.6. The van der Waals surface area contributed by atoms with Gasteiger partial charge in [0, 0.05) is 29.9 Å². The van der Waals surface area contributed by atoms with Crippen molar-refractivity contribution in [3.8, 4) is 0 Å². The van der Waals surface area contributed by atoms with Gasteiger partial charge in [-0.05, 0) is 35.9 Å². The number of carbonyl (C=O) groups excluding carboxylic acids is 2. The summed E-state index contributed by atoms with van der Waals surface area (Å²) >= 11 is 1.43. The van der Waals surface area contributed by atoms with E-state index in [0.29, 0.717) is 29.4 Å². The third-order valence-corrected chi connectivity index (χ3v) is 5.08. The SMILES string of the molecule is NCCNC(=O)Cc1ccccc1NC(=O)c1cccnc1Sc1ccccc1. The molecule has 0 saturated carbocycles. The Labute approximate surface area is 173 Å². The van der Waals surface area contributed by atoms with Gasteiger partial charge in [-0.25, -0.2) is 4.98 Å². The van der Waals surface area contributed by atoms with Crippen LogP contribution in [-0.4, -0.2) is 29.9 Å². The van der Waals surface area contributed by atoms with E-state index in [1.807, 2.05) is 48.5 Å². The maximum Gasteiger partial charge on any atom is 0.258 e. The topological polar surface area (TPSA) is 97.1 Å². The number of benzene rings is 2. The summed E-state index contributed by atoms with van der Waals surface area (Å²) in [4.78, 5) is 30.4. The summed E-state index contributed by atoms with van der Waals surface area (Å²) in [6, 6.07) is 20.5. The van der Waals surface area contributed by atoms with E-state index in [1.165, 1.54) is 11.8 Å². The Hall–Kier alpha value is -3.16. The molecule has 3 aromatic rings. The molecule has 0 atom stereocenters. The third kappa shape index (κ3) is 5.91. The average Bonchev–Trinajstić information content (AvgIpc) is 2.75. The zero-order chi connectivity index (χ0) is 20.5. The van der Waals surface area contributed by atoms with Crippen molar-refractivity contribution in [3.05, 3.63) is 84.1 Å². The van der Waals surface area contributed by atoms with Gasteiger partial charge in [-0.1, -0.05) is 48.2 Å². The number of rotatable bonds is 8. The van der Waals surface area contributed by atoms with Crippen molar-refractivity contribution in [1.29, 1.82) is 0 Å². The van der Waals surface area contributed by atoms with E-state index in [9.17, 15) is 9.59 Å². The summed E-state index contributed by atoms with van der Waals surface area (Å²) in [5, 5.41) is 6.28. The fourth-order valence-corrected chi connectivity index (χ4v) is 3.58. The molecule has 6 nitrogen and oxygen atoms in total. The van der Waals surface area contributed by atoms with E-state index in [4.69, 9.17) is 5.73 Å². The molecule has 0 bridgehead atoms. The predicted molar refractivity (Wildman–Crippen MR) is 115 cm³/mol. The lowest BCUT2D eigenvalue weighted by atomic mass is 10.1. The number of nitrogens with two attached hydrogens (primary N) is 1. The second-order valence-electron chi connectivity index (χ2n) is 6.20. The van der Waals surface area contributed by atoms with Crippen LogP contribution in [0.4, 0.5) is 5.69 Å².